The molecule has 0 bridgehead atoms. The van der Waals surface area contributed by atoms with E-state index >= 15 is 0 Å². The van der Waals surface area contributed by atoms with Crippen molar-refractivity contribution in [2.75, 3.05) is 25.9 Å². The third-order valence-corrected chi connectivity index (χ3v) is 3.49. The monoisotopic (exact) mass is 266 g/mol. The third kappa shape index (κ3) is 2.54. The van der Waals surface area contributed by atoms with Gasteiger partial charge < -0.3 is 15.4 Å². The molecule has 0 spiro atoms. The van der Waals surface area contributed by atoms with Gasteiger partial charge >= 0.3 is 5.97 Å². The van der Waals surface area contributed by atoms with Gasteiger partial charge in [0.15, 0.2) is 0 Å². The molecule has 1 aromatic heterocycles. The number of methoxy groups -OCH3 is 1. The molecule has 1 aromatic rings. The van der Waals surface area contributed by atoms with Crippen LogP contribution in [0.15, 0.2) is 6.20 Å². The van der Waals surface area contributed by atoms with Crippen LogP contribution in [0.1, 0.15) is 23.3 Å². The summed E-state index contributed by atoms with van der Waals surface area (Å²) in [5, 5.41) is 3.96. The number of nitrogens with two attached hydrogens (primary N) is 1. The van der Waals surface area contributed by atoms with Crippen molar-refractivity contribution >= 4 is 17.6 Å². The van der Waals surface area contributed by atoms with Crippen LogP contribution in [0.2, 0.25) is 0 Å². The van der Waals surface area contributed by atoms with Crippen LogP contribution in [0, 0.1) is 5.92 Å². The highest BCUT2D eigenvalue weighted by Gasteiger charge is 2.30. The maximum absolute atomic E-state index is 12.3. The van der Waals surface area contributed by atoms with Crippen molar-refractivity contribution in [1.82, 2.24) is 14.7 Å². The van der Waals surface area contributed by atoms with Gasteiger partial charge in [-0.2, -0.15) is 5.10 Å². The summed E-state index contributed by atoms with van der Waals surface area (Å²) in [5.41, 5.74) is 6.52. The molecule has 2 N–H and O–H groups in total. The number of likely N-dealkylation sites (tertiary alicyclic amines) is 1. The van der Waals surface area contributed by atoms with Crippen LogP contribution >= 0.6 is 0 Å². The molecule has 0 aromatic carbocycles. The first-order chi connectivity index (χ1) is 9.04. The number of anilines is 1. The number of amides is 1. The standard InChI is InChI=1S/C12H18N4O3/c1-15-10(9(13)7-14-15)11(17)16-5-3-8(4-6-16)12(18)19-2/h7-8H,3-6,13H2,1-2H3. The molecular weight excluding hydrogens is 248 g/mol. The number of aromatic nitrogens is 2. The molecule has 0 aliphatic carbocycles. The largest absolute Gasteiger partial charge is 0.469 e. The zero-order chi connectivity index (χ0) is 14.0. The molecule has 2 heterocycles. The van der Waals surface area contributed by atoms with E-state index in [-0.39, 0.29) is 17.8 Å². The van der Waals surface area contributed by atoms with E-state index in [0.717, 1.165) is 0 Å². The molecule has 1 aliphatic heterocycles. The molecule has 1 fully saturated rings. The predicted octanol–water partition coefficient (Wildman–Crippen LogP) is 0.0275. The minimum Gasteiger partial charge on any atom is -0.469 e. The Morgan fingerprint density at radius 3 is 2.53 bits per heavy atom. The molecule has 0 unspecified atom stereocenters. The normalized spacial score (nSPS) is 16.4. The van der Waals surface area contributed by atoms with E-state index in [1.807, 2.05) is 0 Å². The van der Waals surface area contributed by atoms with Gasteiger partial charge in [-0.15, -0.1) is 0 Å². The summed E-state index contributed by atoms with van der Waals surface area (Å²) >= 11 is 0. The van der Waals surface area contributed by atoms with E-state index in [1.165, 1.54) is 18.0 Å². The zero-order valence-electron chi connectivity index (χ0n) is 11.1. The molecule has 7 nitrogen and oxygen atoms in total. The summed E-state index contributed by atoms with van der Waals surface area (Å²) in [4.78, 5) is 25.4. The van der Waals surface area contributed by atoms with Crippen molar-refractivity contribution in [3.63, 3.8) is 0 Å². The van der Waals surface area contributed by atoms with Crippen molar-refractivity contribution < 1.29 is 14.3 Å². The topological polar surface area (TPSA) is 90.4 Å². The van der Waals surface area contributed by atoms with E-state index in [9.17, 15) is 9.59 Å². The number of nitrogen functional groups attached to an aromatic ring is 1. The van der Waals surface area contributed by atoms with E-state index in [0.29, 0.717) is 37.3 Å². The average Bonchev–Trinajstić information content (AvgIpc) is 2.77. The Morgan fingerprint density at radius 2 is 2.05 bits per heavy atom. The molecule has 0 saturated carbocycles. The fourth-order valence-corrected chi connectivity index (χ4v) is 2.35. The van der Waals surface area contributed by atoms with E-state index in [4.69, 9.17) is 10.5 Å². The number of hydrogen-bond acceptors (Lipinski definition) is 5. The minimum absolute atomic E-state index is 0.113. The van der Waals surface area contributed by atoms with Gasteiger partial charge in [0, 0.05) is 20.1 Å². The van der Waals surface area contributed by atoms with Gasteiger partial charge in [0.05, 0.1) is 24.9 Å². The molecule has 1 aliphatic rings. The number of piperidine rings is 1. The summed E-state index contributed by atoms with van der Waals surface area (Å²) in [6.45, 7) is 1.06. The zero-order valence-corrected chi connectivity index (χ0v) is 11.1. The molecule has 1 amide bonds. The number of carbonyl (C=O) groups excluding carboxylic acids is 2. The lowest BCUT2D eigenvalue weighted by molar-refractivity contribution is -0.146. The molecule has 7 heteroatoms. The first-order valence-electron chi connectivity index (χ1n) is 6.19. The van der Waals surface area contributed by atoms with Crippen LogP contribution in [0.4, 0.5) is 5.69 Å². The lowest BCUT2D eigenvalue weighted by atomic mass is 9.97. The number of aryl methyl sites for hydroxylation is 1. The van der Waals surface area contributed by atoms with Crippen LogP contribution < -0.4 is 5.73 Å². The smallest absolute Gasteiger partial charge is 0.308 e. The van der Waals surface area contributed by atoms with E-state index < -0.39 is 0 Å². The molecule has 1 saturated heterocycles. The number of nitrogens with zero attached hydrogens (tertiary/aromatic N) is 3. The number of ether oxygens (including phenoxy) is 1. The van der Waals surface area contributed by atoms with Crippen LogP contribution in [-0.2, 0) is 16.6 Å². The molecule has 0 atom stereocenters. The molecule has 0 radical (unpaired) electrons. The SMILES string of the molecule is COC(=O)C1CCN(C(=O)c2c(N)cnn2C)CC1. The van der Waals surface area contributed by atoms with Crippen molar-refractivity contribution in [2.24, 2.45) is 13.0 Å². The van der Waals surface area contributed by atoms with Crippen molar-refractivity contribution in [3.05, 3.63) is 11.9 Å². The highest BCUT2D eigenvalue weighted by molar-refractivity contribution is 5.97. The van der Waals surface area contributed by atoms with Gasteiger partial charge in [0.1, 0.15) is 5.69 Å². The number of rotatable bonds is 2. The Kier molecular flexibility index (Phi) is 3.73. The van der Waals surface area contributed by atoms with Gasteiger partial charge in [-0.1, -0.05) is 0 Å². The molecule has 2 rings (SSSR count). The van der Waals surface area contributed by atoms with Gasteiger partial charge in [0.2, 0.25) is 0 Å². The number of hydrogen-bond donors (Lipinski definition) is 1. The molecule has 104 valence electrons. The summed E-state index contributed by atoms with van der Waals surface area (Å²) in [5.74, 6) is -0.453. The Balaban J connectivity index is 2.02. The second-order valence-corrected chi connectivity index (χ2v) is 4.66. The van der Waals surface area contributed by atoms with Crippen molar-refractivity contribution in [2.45, 2.75) is 12.8 Å². The first kappa shape index (κ1) is 13.4. The Bertz CT molecular complexity index is 470. The average molecular weight is 266 g/mol. The van der Waals surface area contributed by atoms with Gasteiger partial charge in [0.25, 0.3) is 5.91 Å². The fourth-order valence-electron chi connectivity index (χ4n) is 2.35. The van der Waals surface area contributed by atoms with E-state index in [2.05, 4.69) is 5.10 Å². The van der Waals surface area contributed by atoms with Gasteiger partial charge in [-0.3, -0.25) is 14.3 Å². The lowest BCUT2D eigenvalue weighted by Crippen LogP contribution is -2.41. The first-order valence-corrected chi connectivity index (χ1v) is 6.19. The number of esters is 1. The van der Waals surface area contributed by atoms with Gasteiger partial charge in [-0.05, 0) is 12.8 Å². The summed E-state index contributed by atoms with van der Waals surface area (Å²) < 4.78 is 6.20. The lowest BCUT2D eigenvalue weighted by Gasteiger charge is -2.30. The third-order valence-electron chi connectivity index (χ3n) is 3.49. The van der Waals surface area contributed by atoms with Crippen LogP contribution in [0.5, 0.6) is 0 Å². The van der Waals surface area contributed by atoms with E-state index in [1.54, 1.807) is 11.9 Å². The van der Waals surface area contributed by atoms with Crippen LogP contribution in [-0.4, -0.2) is 46.8 Å². The van der Waals surface area contributed by atoms with Gasteiger partial charge in [-0.25, -0.2) is 0 Å². The van der Waals surface area contributed by atoms with Crippen LogP contribution in [0.3, 0.4) is 0 Å². The summed E-state index contributed by atoms with van der Waals surface area (Å²) in [6.07, 6.45) is 2.71. The van der Waals surface area contributed by atoms with Crippen LogP contribution in [0.25, 0.3) is 0 Å². The fraction of sp³-hybridized carbons (Fsp3) is 0.583. The predicted molar refractivity (Wildman–Crippen MR) is 68.3 cm³/mol. The molecule has 19 heavy (non-hydrogen) atoms. The quantitative estimate of drug-likeness (QED) is 0.762. The highest BCUT2D eigenvalue weighted by Crippen LogP contribution is 2.21. The molecular formula is C12H18N4O3. The highest BCUT2D eigenvalue weighted by atomic mass is 16.5. The Hall–Kier alpha value is -2.05. The Labute approximate surface area is 111 Å². The maximum Gasteiger partial charge on any atom is 0.308 e. The minimum atomic E-state index is -0.202. The summed E-state index contributed by atoms with van der Waals surface area (Å²) in [6, 6.07) is 0. The maximum atomic E-state index is 12.3. The summed E-state index contributed by atoms with van der Waals surface area (Å²) in [7, 11) is 3.07. The Morgan fingerprint density at radius 1 is 1.42 bits per heavy atom. The number of carbonyl (C=O) groups is 2. The van der Waals surface area contributed by atoms with Crippen molar-refractivity contribution in [3.8, 4) is 0 Å². The second-order valence-electron chi connectivity index (χ2n) is 4.66. The second kappa shape index (κ2) is 5.29. The van der Waals surface area contributed by atoms with Crippen molar-refractivity contribution in [1.29, 1.82) is 0 Å².